The number of aliphatic hydroxyl groups is 1. The molecule has 0 aromatic rings. The standard InChI is InChI=1S/C8H13NO3/c10-6-4-5-2-1-3-9(7(5)6)8(11)12/h5-7,10H,1-4H2,(H,11,12)/t5-,6?,7-/m0/s1. The molecule has 1 unspecified atom stereocenters. The highest BCUT2D eigenvalue weighted by atomic mass is 16.4. The predicted molar refractivity (Wildman–Crippen MR) is 41.9 cm³/mol. The molecule has 0 aromatic heterocycles. The second-order valence-corrected chi connectivity index (χ2v) is 3.67. The molecule has 2 aliphatic rings. The fourth-order valence-electron chi connectivity index (χ4n) is 2.35. The molecule has 4 nitrogen and oxygen atoms in total. The van der Waals surface area contributed by atoms with Crippen LogP contribution in [0.15, 0.2) is 0 Å². The van der Waals surface area contributed by atoms with Crippen molar-refractivity contribution in [3.63, 3.8) is 0 Å². The van der Waals surface area contributed by atoms with Crippen LogP contribution < -0.4 is 0 Å². The molecule has 1 amide bonds. The number of fused-ring (bicyclic) bond motifs is 1. The summed E-state index contributed by atoms with van der Waals surface area (Å²) in [6, 6.07) is -0.101. The van der Waals surface area contributed by atoms with E-state index in [1.807, 2.05) is 0 Å². The molecule has 0 radical (unpaired) electrons. The number of likely N-dealkylation sites (tertiary alicyclic amines) is 1. The zero-order valence-electron chi connectivity index (χ0n) is 6.81. The van der Waals surface area contributed by atoms with Crippen LogP contribution in [0.3, 0.4) is 0 Å². The number of rotatable bonds is 0. The SMILES string of the molecule is O=C(O)N1CCC[C@H]2CC(O)[C@H]21. The topological polar surface area (TPSA) is 60.8 Å². The number of piperidine rings is 1. The lowest BCUT2D eigenvalue weighted by atomic mass is 9.71. The van der Waals surface area contributed by atoms with Crippen LogP contribution in [-0.2, 0) is 0 Å². The number of aliphatic hydroxyl groups excluding tert-OH is 1. The van der Waals surface area contributed by atoms with E-state index in [4.69, 9.17) is 5.11 Å². The van der Waals surface area contributed by atoms with Gasteiger partial charge in [0, 0.05) is 6.54 Å². The summed E-state index contributed by atoms with van der Waals surface area (Å²) in [6.07, 6.45) is 1.51. The minimum atomic E-state index is -0.886. The van der Waals surface area contributed by atoms with Gasteiger partial charge in [-0.05, 0) is 25.2 Å². The Kier molecular flexibility index (Phi) is 1.72. The smallest absolute Gasteiger partial charge is 0.407 e. The fourth-order valence-corrected chi connectivity index (χ4v) is 2.35. The maximum absolute atomic E-state index is 10.7. The number of amides is 1. The van der Waals surface area contributed by atoms with Gasteiger partial charge in [-0.1, -0.05) is 0 Å². The Morgan fingerprint density at radius 3 is 2.75 bits per heavy atom. The summed E-state index contributed by atoms with van der Waals surface area (Å²) in [5.74, 6) is 0.421. The minimum Gasteiger partial charge on any atom is -0.465 e. The molecule has 68 valence electrons. The van der Waals surface area contributed by atoms with Gasteiger partial charge in [0.1, 0.15) is 0 Å². The summed E-state index contributed by atoms with van der Waals surface area (Å²) in [6.45, 7) is 0.591. The van der Waals surface area contributed by atoms with Gasteiger partial charge in [-0.15, -0.1) is 0 Å². The van der Waals surface area contributed by atoms with Crippen molar-refractivity contribution in [2.45, 2.75) is 31.4 Å². The first kappa shape index (κ1) is 7.86. The summed E-state index contributed by atoms with van der Waals surface area (Å²) >= 11 is 0. The van der Waals surface area contributed by atoms with Gasteiger partial charge in [0.2, 0.25) is 0 Å². The van der Waals surface area contributed by atoms with Crippen LogP contribution in [0, 0.1) is 5.92 Å². The molecule has 1 aliphatic heterocycles. The molecular weight excluding hydrogens is 158 g/mol. The van der Waals surface area contributed by atoms with E-state index in [0.29, 0.717) is 12.5 Å². The number of nitrogens with zero attached hydrogens (tertiary/aromatic N) is 1. The average Bonchev–Trinajstić information content (AvgIpc) is 2.01. The molecule has 0 spiro atoms. The monoisotopic (exact) mass is 171 g/mol. The Morgan fingerprint density at radius 2 is 2.25 bits per heavy atom. The third-order valence-corrected chi connectivity index (χ3v) is 3.00. The van der Waals surface area contributed by atoms with Crippen LogP contribution in [0.4, 0.5) is 4.79 Å². The normalized spacial score (nSPS) is 40.1. The van der Waals surface area contributed by atoms with Gasteiger partial charge in [-0.2, -0.15) is 0 Å². The zero-order valence-corrected chi connectivity index (χ0v) is 6.81. The summed E-state index contributed by atoms with van der Waals surface area (Å²) in [5.41, 5.74) is 0. The van der Waals surface area contributed by atoms with E-state index in [9.17, 15) is 9.90 Å². The van der Waals surface area contributed by atoms with E-state index >= 15 is 0 Å². The van der Waals surface area contributed by atoms with Crippen molar-refractivity contribution in [2.75, 3.05) is 6.54 Å². The van der Waals surface area contributed by atoms with Gasteiger partial charge in [0.15, 0.2) is 0 Å². The van der Waals surface area contributed by atoms with E-state index in [1.54, 1.807) is 0 Å². The molecule has 1 aliphatic carbocycles. The summed E-state index contributed by atoms with van der Waals surface area (Å²) in [4.78, 5) is 12.1. The molecule has 4 heteroatoms. The predicted octanol–water partition coefficient (Wildman–Crippen LogP) is 0.510. The molecule has 12 heavy (non-hydrogen) atoms. The van der Waals surface area contributed by atoms with Crippen molar-refractivity contribution in [1.29, 1.82) is 0 Å². The van der Waals surface area contributed by atoms with E-state index in [2.05, 4.69) is 0 Å². The minimum absolute atomic E-state index is 0.101. The number of carbonyl (C=O) groups is 1. The van der Waals surface area contributed by atoms with Crippen LogP contribution in [0.25, 0.3) is 0 Å². The zero-order chi connectivity index (χ0) is 8.72. The fraction of sp³-hybridized carbons (Fsp3) is 0.875. The first-order valence-electron chi connectivity index (χ1n) is 4.38. The van der Waals surface area contributed by atoms with Crippen LogP contribution in [-0.4, -0.2) is 39.9 Å². The largest absolute Gasteiger partial charge is 0.465 e. The lowest BCUT2D eigenvalue weighted by Gasteiger charge is -2.50. The second-order valence-electron chi connectivity index (χ2n) is 3.67. The van der Waals surface area contributed by atoms with E-state index in [1.165, 1.54) is 4.90 Å². The van der Waals surface area contributed by atoms with Crippen LogP contribution >= 0.6 is 0 Å². The van der Waals surface area contributed by atoms with Crippen LogP contribution in [0.2, 0.25) is 0 Å². The quantitative estimate of drug-likeness (QED) is 0.558. The Hall–Kier alpha value is -0.770. The highest BCUT2D eigenvalue weighted by molar-refractivity contribution is 5.66. The lowest BCUT2D eigenvalue weighted by molar-refractivity contribution is -0.0807. The molecule has 2 fully saturated rings. The van der Waals surface area contributed by atoms with Crippen molar-refractivity contribution < 1.29 is 15.0 Å². The van der Waals surface area contributed by atoms with Gasteiger partial charge >= 0.3 is 6.09 Å². The molecular formula is C8H13NO3. The van der Waals surface area contributed by atoms with Gasteiger partial charge < -0.3 is 15.1 Å². The van der Waals surface area contributed by atoms with E-state index in [0.717, 1.165) is 19.3 Å². The third kappa shape index (κ3) is 0.982. The molecule has 0 aromatic carbocycles. The summed E-state index contributed by atoms with van der Waals surface area (Å²) in [5, 5.41) is 18.2. The number of hydrogen-bond acceptors (Lipinski definition) is 2. The molecule has 2 rings (SSSR count). The van der Waals surface area contributed by atoms with Crippen LogP contribution in [0.1, 0.15) is 19.3 Å². The summed E-state index contributed by atoms with van der Waals surface area (Å²) in [7, 11) is 0. The van der Waals surface area contributed by atoms with Crippen molar-refractivity contribution in [2.24, 2.45) is 5.92 Å². The third-order valence-electron chi connectivity index (χ3n) is 3.00. The first-order valence-corrected chi connectivity index (χ1v) is 4.38. The van der Waals surface area contributed by atoms with E-state index in [-0.39, 0.29) is 6.04 Å². The Bertz CT molecular complexity index is 204. The maximum atomic E-state index is 10.7. The van der Waals surface area contributed by atoms with Gasteiger partial charge in [0.05, 0.1) is 12.1 Å². The molecule has 2 N–H and O–H groups in total. The van der Waals surface area contributed by atoms with E-state index < -0.39 is 12.2 Å². The lowest BCUT2D eigenvalue weighted by Crippen LogP contribution is -2.61. The van der Waals surface area contributed by atoms with Gasteiger partial charge in [-0.25, -0.2) is 4.79 Å². The van der Waals surface area contributed by atoms with Crippen molar-refractivity contribution >= 4 is 6.09 Å². The summed E-state index contributed by atoms with van der Waals surface area (Å²) < 4.78 is 0. The highest BCUT2D eigenvalue weighted by Gasteiger charge is 2.47. The average molecular weight is 171 g/mol. The first-order chi connectivity index (χ1) is 5.70. The number of carboxylic acid groups (broad SMARTS) is 1. The van der Waals surface area contributed by atoms with Crippen molar-refractivity contribution in [3.8, 4) is 0 Å². The molecule has 1 heterocycles. The van der Waals surface area contributed by atoms with Crippen molar-refractivity contribution in [1.82, 2.24) is 4.90 Å². The number of hydrogen-bond donors (Lipinski definition) is 2. The Morgan fingerprint density at radius 1 is 1.50 bits per heavy atom. The van der Waals surface area contributed by atoms with Gasteiger partial charge in [0.25, 0.3) is 0 Å². The molecule has 1 saturated carbocycles. The van der Waals surface area contributed by atoms with Crippen LogP contribution in [0.5, 0.6) is 0 Å². The maximum Gasteiger partial charge on any atom is 0.407 e. The van der Waals surface area contributed by atoms with Crippen molar-refractivity contribution in [3.05, 3.63) is 0 Å². The molecule has 1 saturated heterocycles. The second kappa shape index (κ2) is 2.62. The molecule has 3 atom stereocenters. The molecule has 0 bridgehead atoms. The Balaban J connectivity index is 2.07. The van der Waals surface area contributed by atoms with Gasteiger partial charge in [-0.3, -0.25) is 0 Å². The Labute approximate surface area is 70.8 Å². The highest BCUT2D eigenvalue weighted by Crippen LogP contribution is 2.39.